The summed E-state index contributed by atoms with van der Waals surface area (Å²) in [6, 6.07) is 3.70. The zero-order valence-electron chi connectivity index (χ0n) is 16.2. The van der Waals surface area contributed by atoms with Crippen LogP contribution in [0, 0.1) is 0 Å². The Labute approximate surface area is 162 Å². The number of carbonyl (C=O) groups excluding carboxylic acids is 1. The molecule has 0 radical (unpaired) electrons. The Kier molecular flexibility index (Phi) is 5.42. The van der Waals surface area contributed by atoms with Crippen molar-refractivity contribution in [2.75, 3.05) is 6.54 Å². The molecule has 28 heavy (non-hydrogen) atoms. The number of nitrogens with one attached hydrogen (secondary N) is 1. The number of alkyl carbamates (subject to hydrolysis) is 1. The fourth-order valence-corrected chi connectivity index (χ4v) is 3.26. The topological polar surface area (TPSA) is 107 Å². The highest BCUT2D eigenvalue weighted by atomic mass is 16.6. The highest BCUT2D eigenvalue weighted by Crippen LogP contribution is 2.25. The zero-order chi connectivity index (χ0) is 20.5. The highest BCUT2D eigenvalue weighted by molar-refractivity contribution is 5.93. The molecule has 1 aliphatic heterocycles. The summed E-state index contributed by atoms with van der Waals surface area (Å²) in [5.41, 5.74) is 1.16. The van der Waals surface area contributed by atoms with E-state index in [1.807, 2.05) is 6.07 Å². The van der Waals surface area contributed by atoms with Crippen LogP contribution in [0.2, 0.25) is 0 Å². The Bertz CT molecular complexity index is 987. The van der Waals surface area contributed by atoms with Gasteiger partial charge in [0.15, 0.2) is 0 Å². The SMILES string of the molecule is CC(C)(C)OC(=O)NCCCc1cc2c3c(c1)c(=O)c(C(=O)O)cn3COC2. The molecule has 8 heteroatoms. The Morgan fingerprint density at radius 2 is 2.07 bits per heavy atom. The predicted molar refractivity (Wildman–Crippen MR) is 103 cm³/mol. The summed E-state index contributed by atoms with van der Waals surface area (Å²) in [6.07, 6.45) is 2.14. The molecule has 0 spiro atoms. The van der Waals surface area contributed by atoms with Crippen molar-refractivity contribution in [3.05, 3.63) is 45.2 Å². The number of amides is 1. The number of hydrogen-bond acceptors (Lipinski definition) is 5. The second-order valence-corrected chi connectivity index (χ2v) is 7.81. The molecule has 0 fully saturated rings. The molecule has 2 heterocycles. The minimum absolute atomic E-state index is 0.212. The van der Waals surface area contributed by atoms with Gasteiger partial charge in [-0.25, -0.2) is 9.59 Å². The summed E-state index contributed by atoms with van der Waals surface area (Å²) >= 11 is 0. The lowest BCUT2D eigenvalue weighted by Gasteiger charge is -2.22. The van der Waals surface area contributed by atoms with Crippen molar-refractivity contribution in [2.24, 2.45) is 0 Å². The lowest BCUT2D eigenvalue weighted by atomic mass is 10.00. The number of carbonyl (C=O) groups is 2. The summed E-state index contributed by atoms with van der Waals surface area (Å²) in [5.74, 6) is -1.25. The zero-order valence-corrected chi connectivity index (χ0v) is 16.2. The molecule has 0 atom stereocenters. The standard InChI is InChI=1S/C20H24N2O6/c1-20(2,3)28-19(26)21-6-4-5-12-7-13-10-27-11-22-9-15(18(24)25)17(23)14(8-12)16(13)22/h7-9H,4-6,10-11H2,1-3H3,(H,21,26)(H,24,25). The van der Waals surface area contributed by atoms with Gasteiger partial charge in [-0.05, 0) is 45.2 Å². The van der Waals surface area contributed by atoms with E-state index in [1.165, 1.54) is 6.20 Å². The van der Waals surface area contributed by atoms with Gasteiger partial charge in [-0.1, -0.05) is 6.07 Å². The van der Waals surface area contributed by atoms with Gasteiger partial charge in [0.05, 0.1) is 12.1 Å². The molecule has 0 saturated carbocycles. The molecule has 2 N–H and O–H groups in total. The third-order valence-electron chi connectivity index (χ3n) is 4.34. The Morgan fingerprint density at radius 3 is 2.75 bits per heavy atom. The van der Waals surface area contributed by atoms with E-state index in [2.05, 4.69) is 5.32 Å². The third-order valence-corrected chi connectivity index (χ3v) is 4.34. The number of carboxylic acids is 1. The summed E-state index contributed by atoms with van der Waals surface area (Å²) in [5, 5.41) is 12.4. The van der Waals surface area contributed by atoms with Gasteiger partial charge >= 0.3 is 12.1 Å². The van der Waals surface area contributed by atoms with E-state index in [4.69, 9.17) is 9.47 Å². The van der Waals surface area contributed by atoms with Crippen LogP contribution in [0.5, 0.6) is 0 Å². The van der Waals surface area contributed by atoms with Crippen molar-refractivity contribution in [3.63, 3.8) is 0 Å². The van der Waals surface area contributed by atoms with Gasteiger partial charge in [0, 0.05) is 23.7 Å². The van der Waals surface area contributed by atoms with Gasteiger partial charge in [0.2, 0.25) is 5.43 Å². The highest BCUT2D eigenvalue weighted by Gasteiger charge is 2.20. The summed E-state index contributed by atoms with van der Waals surface area (Å²) in [7, 11) is 0. The average molecular weight is 388 g/mol. The van der Waals surface area contributed by atoms with Crippen molar-refractivity contribution in [2.45, 2.75) is 52.6 Å². The second kappa shape index (κ2) is 7.63. The molecule has 0 unspecified atom stereocenters. The maximum Gasteiger partial charge on any atom is 0.407 e. The van der Waals surface area contributed by atoms with E-state index in [0.717, 1.165) is 16.6 Å². The monoisotopic (exact) mass is 388 g/mol. The number of hydrogen-bond donors (Lipinski definition) is 2. The van der Waals surface area contributed by atoms with E-state index in [-0.39, 0.29) is 12.3 Å². The first kappa shape index (κ1) is 19.9. The molecular weight excluding hydrogens is 364 g/mol. The average Bonchev–Trinajstić information content (AvgIpc) is 2.59. The fourth-order valence-electron chi connectivity index (χ4n) is 3.26. The van der Waals surface area contributed by atoms with Crippen molar-refractivity contribution < 1.29 is 24.2 Å². The molecule has 2 aromatic rings. The van der Waals surface area contributed by atoms with Crippen LogP contribution in [0.15, 0.2) is 23.1 Å². The minimum atomic E-state index is -1.25. The van der Waals surface area contributed by atoms with Crippen LogP contribution in [0.4, 0.5) is 4.79 Å². The number of benzene rings is 1. The van der Waals surface area contributed by atoms with Crippen molar-refractivity contribution in [1.82, 2.24) is 9.88 Å². The number of aryl methyl sites for hydroxylation is 1. The van der Waals surface area contributed by atoms with Crippen LogP contribution < -0.4 is 10.7 Å². The van der Waals surface area contributed by atoms with E-state index < -0.39 is 23.1 Å². The number of carboxylic acid groups (broad SMARTS) is 1. The van der Waals surface area contributed by atoms with E-state index in [9.17, 15) is 19.5 Å². The quantitative estimate of drug-likeness (QED) is 0.763. The smallest absolute Gasteiger partial charge is 0.407 e. The molecule has 0 bridgehead atoms. The molecule has 8 nitrogen and oxygen atoms in total. The summed E-state index contributed by atoms with van der Waals surface area (Å²) < 4.78 is 12.4. The molecule has 150 valence electrons. The first-order valence-corrected chi connectivity index (χ1v) is 9.12. The lowest BCUT2D eigenvalue weighted by Crippen LogP contribution is -2.33. The van der Waals surface area contributed by atoms with Crippen LogP contribution in [-0.4, -0.2) is 33.9 Å². The van der Waals surface area contributed by atoms with Gasteiger partial charge in [-0.3, -0.25) is 4.79 Å². The van der Waals surface area contributed by atoms with Crippen molar-refractivity contribution >= 4 is 23.0 Å². The Morgan fingerprint density at radius 1 is 1.32 bits per heavy atom. The van der Waals surface area contributed by atoms with Crippen LogP contribution in [0.25, 0.3) is 10.9 Å². The number of aromatic nitrogens is 1. The molecule has 0 aliphatic carbocycles. The summed E-state index contributed by atoms with van der Waals surface area (Å²) in [4.78, 5) is 35.7. The van der Waals surface area contributed by atoms with Crippen molar-refractivity contribution in [1.29, 1.82) is 0 Å². The fraction of sp³-hybridized carbons (Fsp3) is 0.450. The van der Waals surface area contributed by atoms with Gasteiger partial charge in [-0.2, -0.15) is 0 Å². The van der Waals surface area contributed by atoms with Gasteiger partial charge < -0.3 is 24.5 Å². The molecule has 3 rings (SSSR count). The first-order chi connectivity index (χ1) is 13.2. The van der Waals surface area contributed by atoms with Crippen molar-refractivity contribution in [3.8, 4) is 0 Å². The molecular formula is C20H24N2O6. The van der Waals surface area contributed by atoms with Gasteiger partial charge in [-0.15, -0.1) is 0 Å². The number of aromatic carboxylic acids is 1. The van der Waals surface area contributed by atoms with Crippen LogP contribution in [0.1, 0.15) is 48.7 Å². The number of pyridine rings is 1. The molecule has 0 saturated heterocycles. The van der Waals surface area contributed by atoms with Gasteiger partial charge in [0.1, 0.15) is 17.9 Å². The lowest BCUT2D eigenvalue weighted by molar-refractivity contribution is 0.0526. The maximum absolute atomic E-state index is 12.6. The Hall–Kier alpha value is -2.87. The van der Waals surface area contributed by atoms with E-state index >= 15 is 0 Å². The van der Waals surface area contributed by atoms with Crippen LogP contribution >= 0.6 is 0 Å². The molecule has 1 aliphatic rings. The Balaban J connectivity index is 1.78. The first-order valence-electron chi connectivity index (χ1n) is 9.12. The number of nitrogens with zero attached hydrogens (tertiary/aromatic N) is 1. The second-order valence-electron chi connectivity index (χ2n) is 7.81. The van der Waals surface area contributed by atoms with Gasteiger partial charge in [0.25, 0.3) is 0 Å². The van der Waals surface area contributed by atoms with Crippen LogP contribution in [-0.2, 0) is 29.2 Å². The van der Waals surface area contributed by atoms with E-state index in [1.54, 1.807) is 31.4 Å². The third kappa shape index (κ3) is 4.33. The van der Waals surface area contributed by atoms with Crippen LogP contribution in [0.3, 0.4) is 0 Å². The minimum Gasteiger partial charge on any atom is -0.477 e. The predicted octanol–water partition coefficient (Wildman–Crippen LogP) is 2.64. The summed E-state index contributed by atoms with van der Waals surface area (Å²) in [6.45, 7) is 6.40. The normalized spacial score (nSPS) is 13.4. The maximum atomic E-state index is 12.6. The molecule has 1 amide bonds. The molecule has 1 aromatic carbocycles. The molecule has 1 aromatic heterocycles. The largest absolute Gasteiger partial charge is 0.477 e. The number of rotatable bonds is 5. The number of ether oxygens (including phenoxy) is 2. The van der Waals surface area contributed by atoms with E-state index in [0.29, 0.717) is 31.4 Å².